The second-order valence-corrected chi connectivity index (χ2v) is 3.24. The minimum Gasteiger partial charge on any atom is -0.466 e. The number of carbonyl (C=O) groups excluding carboxylic acids is 1. The number of nitrogens with zero attached hydrogens (tertiary/aromatic N) is 1. The number of aromatic nitrogens is 1. The molecule has 0 bridgehead atoms. The zero-order valence-electron chi connectivity index (χ0n) is 8.85. The number of ether oxygens (including phenoxy) is 1. The molecule has 1 aromatic heterocycles. The first-order valence-electron chi connectivity index (χ1n) is 5.05. The summed E-state index contributed by atoms with van der Waals surface area (Å²) in [5.74, 6) is -0.197. The quantitative estimate of drug-likeness (QED) is 0.743. The monoisotopic (exact) mass is 208 g/mol. The second-order valence-electron chi connectivity index (χ2n) is 3.24. The van der Waals surface area contributed by atoms with E-state index >= 15 is 0 Å². The molecule has 4 nitrogen and oxygen atoms in total. The highest BCUT2D eigenvalue weighted by molar-refractivity contribution is 5.69. The fourth-order valence-electron chi connectivity index (χ4n) is 1.27. The van der Waals surface area contributed by atoms with Crippen molar-refractivity contribution in [3.8, 4) is 0 Å². The molecule has 1 atom stereocenters. The number of nitrogens with two attached hydrogens (primary N) is 1. The van der Waals surface area contributed by atoms with Crippen LogP contribution in [-0.4, -0.2) is 17.6 Å². The van der Waals surface area contributed by atoms with Crippen LogP contribution in [0.25, 0.3) is 0 Å². The molecule has 0 amide bonds. The van der Waals surface area contributed by atoms with E-state index in [0.29, 0.717) is 19.4 Å². The van der Waals surface area contributed by atoms with Gasteiger partial charge in [0.25, 0.3) is 0 Å². The smallest absolute Gasteiger partial charge is 0.305 e. The van der Waals surface area contributed by atoms with Crippen molar-refractivity contribution in [3.05, 3.63) is 30.1 Å². The lowest BCUT2D eigenvalue weighted by Crippen LogP contribution is -2.13. The highest BCUT2D eigenvalue weighted by atomic mass is 16.5. The zero-order chi connectivity index (χ0) is 11.1. The average Bonchev–Trinajstić information content (AvgIpc) is 2.27. The van der Waals surface area contributed by atoms with Crippen molar-refractivity contribution in [1.82, 2.24) is 4.98 Å². The van der Waals surface area contributed by atoms with Crippen LogP contribution in [0.15, 0.2) is 24.5 Å². The Morgan fingerprint density at radius 3 is 3.07 bits per heavy atom. The van der Waals surface area contributed by atoms with Crippen molar-refractivity contribution in [1.29, 1.82) is 0 Å². The summed E-state index contributed by atoms with van der Waals surface area (Å²) in [5, 5.41) is 0. The first-order valence-corrected chi connectivity index (χ1v) is 5.05. The minimum absolute atomic E-state index is 0.150. The minimum atomic E-state index is -0.197. The first-order chi connectivity index (χ1) is 7.24. The van der Waals surface area contributed by atoms with Gasteiger partial charge in [0.2, 0.25) is 0 Å². The predicted molar refractivity (Wildman–Crippen MR) is 57.0 cm³/mol. The molecule has 1 heterocycles. The van der Waals surface area contributed by atoms with Gasteiger partial charge in [0.05, 0.1) is 6.61 Å². The van der Waals surface area contributed by atoms with Gasteiger partial charge in [0.15, 0.2) is 0 Å². The molecule has 1 aromatic rings. The fraction of sp³-hybridized carbons (Fsp3) is 0.455. The second kappa shape index (κ2) is 6.14. The van der Waals surface area contributed by atoms with Gasteiger partial charge in [0.1, 0.15) is 0 Å². The van der Waals surface area contributed by atoms with Gasteiger partial charge in [-0.25, -0.2) is 0 Å². The standard InChI is InChI=1S/C11H16N2O2/c1-2-15-11(14)6-5-10(12)9-4-3-7-13-8-9/h3-4,7-8,10H,2,5-6,12H2,1H3. The zero-order valence-corrected chi connectivity index (χ0v) is 8.85. The number of pyridine rings is 1. The lowest BCUT2D eigenvalue weighted by Gasteiger charge is -2.10. The molecule has 1 rings (SSSR count). The van der Waals surface area contributed by atoms with Crippen LogP contribution in [0.3, 0.4) is 0 Å². The maximum atomic E-state index is 11.1. The maximum Gasteiger partial charge on any atom is 0.305 e. The molecule has 4 heteroatoms. The third-order valence-corrected chi connectivity index (χ3v) is 2.08. The number of rotatable bonds is 5. The van der Waals surface area contributed by atoms with Crippen LogP contribution in [0.4, 0.5) is 0 Å². The Kier molecular flexibility index (Phi) is 4.77. The van der Waals surface area contributed by atoms with Gasteiger partial charge >= 0.3 is 5.97 Å². The number of hydrogen-bond acceptors (Lipinski definition) is 4. The number of hydrogen-bond donors (Lipinski definition) is 1. The maximum absolute atomic E-state index is 11.1. The lowest BCUT2D eigenvalue weighted by atomic mass is 10.1. The van der Waals surface area contributed by atoms with E-state index in [1.165, 1.54) is 0 Å². The van der Waals surface area contributed by atoms with Crippen molar-refractivity contribution in [3.63, 3.8) is 0 Å². The Morgan fingerprint density at radius 2 is 2.47 bits per heavy atom. The van der Waals surface area contributed by atoms with Crippen molar-refractivity contribution < 1.29 is 9.53 Å². The number of carbonyl (C=O) groups is 1. The van der Waals surface area contributed by atoms with E-state index in [4.69, 9.17) is 10.5 Å². The molecule has 2 N–H and O–H groups in total. The molecule has 0 saturated heterocycles. The predicted octanol–water partition coefficient (Wildman–Crippen LogP) is 1.42. The summed E-state index contributed by atoms with van der Waals surface area (Å²) < 4.78 is 4.82. The van der Waals surface area contributed by atoms with Crippen LogP contribution >= 0.6 is 0 Å². The third kappa shape index (κ3) is 4.08. The molecule has 0 aromatic carbocycles. The molecule has 0 radical (unpaired) electrons. The Labute approximate surface area is 89.5 Å². The topological polar surface area (TPSA) is 65.2 Å². The Balaban J connectivity index is 2.37. The number of esters is 1. The largest absolute Gasteiger partial charge is 0.466 e. The van der Waals surface area contributed by atoms with Crippen LogP contribution in [0.5, 0.6) is 0 Å². The van der Waals surface area contributed by atoms with Gasteiger partial charge in [-0.1, -0.05) is 6.07 Å². The van der Waals surface area contributed by atoms with E-state index in [1.54, 1.807) is 19.3 Å². The van der Waals surface area contributed by atoms with E-state index in [2.05, 4.69) is 4.98 Å². The van der Waals surface area contributed by atoms with Gasteiger partial charge in [-0.05, 0) is 25.0 Å². The molecule has 0 aliphatic heterocycles. The fourth-order valence-corrected chi connectivity index (χ4v) is 1.27. The van der Waals surface area contributed by atoms with Crippen LogP contribution in [-0.2, 0) is 9.53 Å². The van der Waals surface area contributed by atoms with Crippen LogP contribution in [0.1, 0.15) is 31.4 Å². The molecule has 0 spiro atoms. The van der Waals surface area contributed by atoms with Crippen LogP contribution in [0.2, 0.25) is 0 Å². The van der Waals surface area contributed by atoms with Gasteiger partial charge in [-0.3, -0.25) is 9.78 Å². The molecule has 0 fully saturated rings. The average molecular weight is 208 g/mol. The van der Waals surface area contributed by atoms with Gasteiger partial charge < -0.3 is 10.5 Å². The van der Waals surface area contributed by atoms with E-state index in [-0.39, 0.29) is 12.0 Å². The van der Waals surface area contributed by atoms with Crippen molar-refractivity contribution >= 4 is 5.97 Å². The summed E-state index contributed by atoms with van der Waals surface area (Å²) >= 11 is 0. The highest BCUT2D eigenvalue weighted by Crippen LogP contribution is 2.14. The van der Waals surface area contributed by atoms with Gasteiger partial charge in [-0.2, -0.15) is 0 Å². The molecule has 0 aliphatic carbocycles. The molecule has 15 heavy (non-hydrogen) atoms. The summed E-state index contributed by atoms with van der Waals surface area (Å²) in [6.45, 7) is 2.21. The normalized spacial score (nSPS) is 12.1. The molecule has 0 saturated carbocycles. The summed E-state index contributed by atoms with van der Waals surface area (Å²) in [4.78, 5) is 15.1. The highest BCUT2D eigenvalue weighted by Gasteiger charge is 2.09. The molecular weight excluding hydrogens is 192 g/mol. The lowest BCUT2D eigenvalue weighted by molar-refractivity contribution is -0.143. The Hall–Kier alpha value is -1.42. The first kappa shape index (κ1) is 11.7. The third-order valence-electron chi connectivity index (χ3n) is 2.08. The molecule has 0 aliphatic rings. The molecular formula is C11H16N2O2. The van der Waals surface area contributed by atoms with Crippen LogP contribution < -0.4 is 5.73 Å². The Morgan fingerprint density at radius 1 is 1.67 bits per heavy atom. The van der Waals surface area contributed by atoms with Gasteiger partial charge in [-0.15, -0.1) is 0 Å². The van der Waals surface area contributed by atoms with Gasteiger partial charge in [0, 0.05) is 24.9 Å². The van der Waals surface area contributed by atoms with Crippen molar-refractivity contribution in [2.45, 2.75) is 25.8 Å². The molecule has 1 unspecified atom stereocenters. The summed E-state index contributed by atoms with van der Waals surface area (Å²) in [5.41, 5.74) is 6.84. The summed E-state index contributed by atoms with van der Waals surface area (Å²) in [6, 6.07) is 3.59. The Bertz CT molecular complexity index is 301. The van der Waals surface area contributed by atoms with E-state index < -0.39 is 0 Å². The van der Waals surface area contributed by atoms with E-state index in [1.807, 2.05) is 12.1 Å². The van der Waals surface area contributed by atoms with E-state index in [0.717, 1.165) is 5.56 Å². The van der Waals surface area contributed by atoms with E-state index in [9.17, 15) is 4.79 Å². The van der Waals surface area contributed by atoms with Crippen LogP contribution in [0, 0.1) is 0 Å². The SMILES string of the molecule is CCOC(=O)CCC(N)c1cccnc1. The summed E-state index contributed by atoms with van der Waals surface area (Å²) in [6.07, 6.45) is 4.35. The van der Waals surface area contributed by atoms with Crippen molar-refractivity contribution in [2.75, 3.05) is 6.61 Å². The summed E-state index contributed by atoms with van der Waals surface area (Å²) in [7, 11) is 0. The van der Waals surface area contributed by atoms with Crippen molar-refractivity contribution in [2.24, 2.45) is 5.73 Å². The molecule has 82 valence electrons.